The van der Waals surface area contributed by atoms with Gasteiger partial charge in [-0.2, -0.15) is 0 Å². The lowest BCUT2D eigenvalue weighted by atomic mass is 10.3. The topological polar surface area (TPSA) is 29.5 Å². The zero-order chi connectivity index (χ0) is 8.27. The fourth-order valence-corrected chi connectivity index (χ4v) is 0.929. The quantitative estimate of drug-likeness (QED) is 0.719. The maximum atomic E-state index is 8.38. The molecule has 2 nitrogen and oxygen atoms in total. The number of hydrogen-bond donors (Lipinski definition) is 1. The van der Waals surface area contributed by atoms with Gasteiger partial charge >= 0.3 is 7.69 Å². The molecule has 1 N–H and O–H groups in total. The van der Waals surface area contributed by atoms with Crippen LogP contribution in [0.3, 0.4) is 0 Å². The van der Waals surface area contributed by atoms with Crippen LogP contribution in [0.25, 0.3) is 0 Å². The van der Waals surface area contributed by atoms with E-state index in [0.717, 1.165) is 0 Å². The number of hydrogen-bond acceptors (Lipinski definition) is 2. The summed E-state index contributed by atoms with van der Waals surface area (Å²) in [5, 5.41) is 9.27. The molecule has 0 atom stereocenters. The maximum Gasteiger partial charge on any atom is 0.504 e. The van der Waals surface area contributed by atoms with Crippen LogP contribution in [0.2, 0.25) is 10.0 Å². The van der Waals surface area contributed by atoms with Crippen LogP contribution in [0.1, 0.15) is 0 Å². The van der Waals surface area contributed by atoms with Crippen molar-refractivity contribution in [1.82, 2.24) is 0 Å². The van der Waals surface area contributed by atoms with Crippen LogP contribution in [-0.4, -0.2) is 12.7 Å². The first-order valence-corrected chi connectivity index (χ1v) is 3.68. The average Bonchev–Trinajstić information content (AvgIpc) is 1.98. The van der Waals surface area contributed by atoms with Gasteiger partial charge in [0.2, 0.25) is 0 Å². The second-order valence-electron chi connectivity index (χ2n) is 1.85. The number of halogens is 2. The second-order valence-corrected chi connectivity index (χ2v) is 2.66. The van der Waals surface area contributed by atoms with Crippen molar-refractivity contribution in [3.63, 3.8) is 0 Å². The molecule has 0 aliphatic heterocycles. The molecule has 0 saturated heterocycles. The molecule has 0 aliphatic carbocycles. The van der Waals surface area contributed by atoms with Crippen molar-refractivity contribution in [1.29, 1.82) is 0 Å². The van der Waals surface area contributed by atoms with Crippen molar-refractivity contribution in [2.75, 3.05) is 0 Å². The zero-order valence-corrected chi connectivity index (χ0v) is 7.06. The van der Waals surface area contributed by atoms with Gasteiger partial charge in [0, 0.05) is 0 Å². The minimum atomic E-state index is -0.363. The van der Waals surface area contributed by atoms with Gasteiger partial charge in [0.25, 0.3) is 0 Å². The van der Waals surface area contributed by atoms with Gasteiger partial charge < -0.3 is 9.68 Å². The lowest BCUT2D eigenvalue weighted by molar-refractivity contribution is 0.454. The highest BCUT2D eigenvalue weighted by atomic mass is 35.5. The van der Waals surface area contributed by atoms with E-state index in [2.05, 4.69) is 0 Å². The van der Waals surface area contributed by atoms with Crippen molar-refractivity contribution < 1.29 is 9.68 Å². The monoisotopic (exact) mass is 190 g/mol. The Balaban J connectivity index is 2.86. The highest BCUT2D eigenvalue weighted by Gasteiger charge is 1.98. The summed E-state index contributed by atoms with van der Waals surface area (Å²) in [6.45, 7) is 0. The van der Waals surface area contributed by atoms with Gasteiger partial charge in [-0.1, -0.05) is 23.2 Å². The first kappa shape index (κ1) is 8.72. The van der Waals surface area contributed by atoms with Crippen LogP contribution in [0.5, 0.6) is 5.75 Å². The van der Waals surface area contributed by atoms with E-state index in [1.807, 2.05) is 0 Å². The first-order chi connectivity index (χ1) is 5.24. The van der Waals surface area contributed by atoms with E-state index in [9.17, 15) is 0 Å². The summed E-state index contributed by atoms with van der Waals surface area (Å²) in [5.41, 5.74) is 0. The molecule has 0 radical (unpaired) electrons. The van der Waals surface area contributed by atoms with Gasteiger partial charge in [0.1, 0.15) is 5.75 Å². The van der Waals surface area contributed by atoms with Gasteiger partial charge in [0.15, 0.2) is 0 Å². The Labute approximate surface area is 75.0 Å². The average molecular weight is 191 g/mol. The molecule has 0 unspecified atom stereocenters. The van der Waals surface area contributed by atoms with Crippen molar-refractivity contribution in [3.05, 3.63) is 28.2 Å². The first-order valence-electron chi connectivity index (χ1n) is 2.93. The summed E-state index contributed by atoms with van der Waals surface area (Å²) < 4.78 is 4.75. The van der Waals surface area contributed by atoms with E-state index in [0.29, 0.717) is 15.8 Å². The smallest absolute Gasteiger partial charge is 0.504 e. The van der Waals surface area contributed by atoms with Crippen LogP contribution in [0.15, 0.2) is 18.2 Å². The summed E-state index contributed by atoms with van der Waals surface area (Å²) in [7, 11) is -0.363. The Morgan fingerprint density at radius 3 is 2.55 bits per heavy atom. The molecule has 0 bridgehead atoms. The van der Waals surface area contributed by atoms with Crippen LogP contribution >= 0.6 is 23.2 Å². The summed E-state index contributed by atoms with van der Waals surface area (Å²) in [4.78, 5) is 0. The molecule has 58 valence electrons. The Morgan fingerprint density at radius 2 is 2.00 bits per heavy atom. The minimum absolute atomic E-state index is 0.363. The van der Waals surface area contributed by atoms with E-state index in [1.54, 1.807) is 18.2 Å². The predicted molar refractivity (Wildman–Crippen MR) is 46.5 cm³/mol. The third-order valence-electron chi connectivity index (χ3n) is 1.12. The Morgan fingerprint density at radius 1 is 1.27 bits per heavy atom. The zero-order valence-electron chi connectivity index (χ0n) is 5.55. The van der Waals surface area contributed by atoms with Gasteiger partial charge in [0.05, 0.1) is 10.0 Å². The normalized spacial score (nSPS) is 9.36. The molecule has 1 aromatic rings. The molecule has 11 heavy (non-hydrogen) atoms. The Bertz CT molecular complexity index is 254. The summed E-state index contributed by atoms with van der Waals surface area (Å²) in [6.07, 6.45) is 0. The number of rotatable bonds is 2. The van der Waals surface area contributed by atoms with Crippen LogP contribution in [0, 0.1) is 0 Å². The summed E-state index contributed by atoms with van der Waals surface area (Å²) >= 11 is 11.3. The maximum absolute atomic E-state index is 8.38. The Hall–Kier alpha value is -0.375. The summed E-state index contributed by atoms with van der Waals surface area (Å²) in [5.74, 6) is 0.502. The standard InChI is InChI=1S/C6H5BCl2O2/c8-5-2-1-4(11-7-10)3-6(5)9/h1-3,7,10H. The lowest BCUT2D eigenvalue weighted by Gasteiger charge is -2.01. The third-order valence-corrected chi connectivity index (χ3v) is 1.86. The molecule has 0 saturated carbocycles. The largest absolute Gasteiger partial charge is 0.539 e. The van der Waals surface area contributed by atoms with E-state index in [1.165, 1.54) is 0 Å². The van der Waals surface area contributed by atoms with Gasteiger partial charge in [-0.05, 0) is 18.2 Å². The molecule has 0 fully saturated rings. The van der Waals surface area contributed by atoms with E-state index in [4.69, 9.17) is 32.9 Å². The lowest BCUT2D eigenvalue weighted by Crippen LogP contribution is -1.99. The van der Waals surface area contributed by atoms with E-state index >= 15 is 0 Å². The molecule has 0 amide bonds. The molecule has 0 heterocycles. The molecule has 5 heteroatoms. The third kappa shape index (κ3) is 2.29. The fourth-order valence-electron chi connectivity index (χ4n) is 0.641. The molecular formula is C6H5BCl2O2. The predicted octanol–water partition coefficient (Wildman–Crippen LogP) is 1.63. The SMILES string of the molecule is OBOc1ccc(Cl)c(Cl)c1. The molecule has 1 rings (SSSR count). The number of benzene rings is 1. The Kier molecular flexibility index (Phi) is 3.06. The fraction of sp³-hybridized carbons (Fsp3) is 0. The van der Waals surface area contributed by atoms with Crippen LogP contribution < -0.4 is 4.65 Å². The van der Waals surface area contributed by atoms with Gasteiger partial charge in [-0.15, -0.1) is 0 Å². The van der Waals surface area contributed by atoms with Crippen molar-refractivity contribution >= 4 is 30.9 Å². The minimum Gasteiger partial charge on any atom is -0.539 e. The molecular weight excluding hydrogens is 186 g/mol. The molecule has 0 aromatic heterocycles. The van der Waals surface area contributed by atoms with Crippen molar-refractivity contribution in [2.24, 2.45) is 0 Å². The van der Waals surface area contributed by atoms with Crippen molar-refractivity contribution in [3.8, 4) is 5.75 Å². The van der Waals surface area contributed by atoms with Crippen molar-refractivity contribution in [2.45, 2.75) is 0 Å². The highest BCUT2D eigenvalue weighted by molar-refractivity contribution is 6.42. The van der Waals surface area contributed by atoms with Gasteiger partial charge in [-0.25, -0.2) is 0 Å². The van der Waals surface area contributed by atoms with E-state index in [-0.39, 0.29) is 7.69 Å². The highest BCUT2D eigenvalue weighted by Crippen LogP contribution is 2.25. The molecule has 1 aromatic carbocycles. The molecule has 0 spiro atoms. The van der Waals surface area contributed by atoms with Gasteiger partial charge in [-0.3, -0.25) is 0 Å². The van der Waals surface area contributed by atoms with Crippen LogP contribution in [-0.2, 0) is 0 Å². The second kappa shape index (κ2) is 3.86. The van der Waals surface area contributed by atoms with Crippen LogP contribution in [0.4, 0.5) is 0 Å². The summed E-state index contributed by atoms with van der Waals surface area (Å²) in [6, 6.07) is 4.78. The van der Waals surface area contributed by atoms with E-state index < -0.39 is 0 Å². The molecule has 0 aliphatic rings.